The number of nitrogens with zero attached hydrogens (tertiary/aromatic N) is 1. The normalized spacial score (nSPS) is 11.7. The smallest absolute Gasteiger partial charge is 0.335 e. The average Bonchev–Trinajstić information content (AvgIpc) is 2.37. The zero-order chi connectivity index (χ0) is 14.3. The quantitative estimate of drug-likeness (QED) is 0.192. The largest absolute Gasteiger partial charge is 0.461 e. The fraction of sp³-hybridized carbons (Fsp3) is 0.364. The molecule has 0 fully saturated rings. The first kappa shape index (κ1) is 15.9. The summed E-state index contributed by atoms with van der Waals surface area (Å²) in [5, 5.41) is 10.5. The Labute approximate surface area is 122 Å². The highest BCUT2D eigenvalue weighted by molar-refractivity contribution is 6.71. The molecule has 0 atom stereocenters. The van der Waals surface area contributed by atoms with Gasteiger partial charge in [-0.15, -0.1) is 0 Å². The zero-order valence-corrected chi connectivity index (χ0v) is 13.0. The molecule has 0 aromatic heterocycles. The van der Waals surface area contributed by atoms with Gasteiger partial charge in [-0.25, -0.2) is 0 Å². The van der Waals surface area contributed by atoms with Crippen molar-refractivity contribution in [2.75, 3.05) is 0 Å². The zero-order valence-electron chi connectivity index (χ0n) is 10.1. The maximum Gasteiger partial charge on any atom is 0.335 e. The molecular weight excluding hydrogens is 309 g/mol. The second-order valence-corrected chi connectivity index (χ2v) is 8.49. The average molecular weight is 322 g/mol. The van der Waals surface area contributed by atoms with Gasteiger partial charge in [-0.3, -0.25) is 14.9 Å². The molecule has 5 nitrogen and oxygen atoms in total. The van der Waals surface area contributed by atoms with Gasteiger partial charge >= 0.3 is 10.0 Å². The van der Waals surface area contributed by atoms with E-state index < -0.39 is 24.5 Å². The van der Waals surface area contributed by atoms with Gasteiger partial charge in [-0.1, -0.05) is 30.3 Å². The van der Waals surface area contributed by atoms with Crippen molar-refractivity contribution >= 4 is 38.7 Å². The third-order valence-electron chi connectivity index (χ3n) is 2.37. The standard InChI is InChI=1S/C11H13Cl2NO4Si/c12-11(13,14(16)17)19-7-6-10(15)18-8-9-4-2-1-3-5-9/h1-5H,6-8,19H2. The van der Waals surface area contributed by atoms with Gasteiger partial charge in [0.05, 0.1) is 4.92 Å². The summed E-state index contributed by atoms with van der Waals surface area (Å²) in [6, 6.07) is 9.59. The Morgan fingerprint density at radius 1 is 1.37 bits per heavy atom. The van der Waals surface area contributed by atoms with Crippen molar-refractivity contribution in [3.05, 3.63) is 46.0 Å². The molecule has 0 unspecified atom stereocenters. The SMILES string of the molecule is O=C(CC[SiH2]C(Cl)(Cl)[N+](=O)[O-])OCc1ccccc1. The van der Waals surface area contributed by atoms with Crippen LogP contribution in [-0.2, 0) is 16.1 Å². The number of esters is 1. The van der Waals surface area contributed by atoms with Crippen LogP contribution in [0.4, 0.5) is 0 Å². The summed E-state index contributed by atoms with van der Waals surface area (Å²) < 4.78 is 3.13. The lowest BCUT2D eigenvalue weighted by Gasteiger charge is -2.09. The summed E-state index contributed by atoms with van der Waals surface area (Å²) in [6.07, 6.45) is 0.105. The number of nitro groups is 1. The molecule has 0 spiro atoms. The van der Waals surface area contributed by atoms with Crippen molar-refractivity contribution in [2.24, 2.45) is 0 Å². The fourth-order valence-electron chi connectivity index (χ4n) is 1.35. The highest BCUT2D eigenvalue weighted by Gasteiger charge is 2.36. The molecule has 0 bridgehead atoms. The van der Waals surface area contributed by atoms with Crippen molar-refractivity contribution in [1.82, 2.24) is 0 Å². The van der Waals surface area contributed by atoms with Gasteiger partial charge in [0.1, 0.15) is 6.61 Å². The Balaban J connectivity index is 2.24. The van der Waals surface area contributed by atoms with E-state index in [9.17, 15) is 14.9 Å². The van der Waals surface area contributed by atoms with E-state index in [2.05, 4.69) is 0 Å². The molecule has 0 aliphatic carbocycles. The molecule has 0 aliphatic heterocycles. The first-order chi connectivity index (χ1) is 8.92. The molecule has 0 heterocycles. The first-order valence-corrected chi connectivity index (χ1v) is 8.10. The number of carbonyl (C=O) groups excluding carboxylic acids is 1. The Morgan fingerprint density at radius 2 is 2.00 bits per heavy atom. The minimum Gasteiger partial charge on any atom is -0.461 e. The number of hydrogen-bond acceptors (Lipinski definition) is 4. The van der Waals surface area contributed by atoms with Crippen LogP contribution in [0.2, 0.25) is 6.04 Å². The maximum atomic E-state index is 11.4. The Hall–Kier alpha value is -1.11. The monoisotopic (exact) mass is 321 g/mol. The van der Waals surface area contributed by atoms with Crippen molar-refractivity contribution in [1.29, 1.82) is 0 Å². The van der Waals surface area contributed by atoms with E-state index in [0.29, 0.717) is 6.04 Å². The molecule has 1 aromatic carbocycles. The Morgan fingerprint density at radius 3 is 2.58 bits per heavy atom. The molecule has 0 saturated heterocycles. The number of hydrogen-bond donors (Lipinski definition) is 0. The van der Waals surface area contributed by atoms with Gasteiger partial charge in [0.2, 0.25) is 0 Å². The van der Waals surface area contributed by atoms with Crippen LogP contribution in [0.3, 0.4) is 0 Å². The van der Waals surface area contributed by atoms with E-state index in [-0.39, 0.29) is 13.0 Å². The third kappa shape index (κ3) is 6.04. The number of halogens is 2. The lowest BCUT2D eigenvalue weighted by molar-refractivity contribution is -0.493. The minimum atomic E-state index is -1.90. The van der Waals surface area contributed by atoms with E-state index in [0.717, 1.165) is 5.56 Å². The minimum absolute atomic E-state index is 0.105. The summed E-state index contributed by atoms with van der Waals surface area (Å²) in [7, 11) is -1.40. The summed E-state index contributed by atoms with van der Waals surface area (Å²) in [5.41, 5.74) is 0.891. The number of carbonyl (C=O) groups is 1. The van der Waals surface area contributed by atoms with Crippen LogP contribution in [-0.4, -0.2) is 24.5 Å². The van der Waals surface area contributed by atoms with Gasteiger partial charge in [0.15, 0.2) is 9.52 Å². The van der Waals surface area contributed by atoms with Crippen LogP contribution < -0.4 is 0 Å². The number of alkyl halides is 2. The number of rotatable bonds is 7. The summed E-state index contributed by atoms with van der Waals surface area (Å²) in [6.45, 7) is 0.198. The van der Waals surface area contributed by atoms with Crippen LogP contribution in [0.25, 0.3) is 0 Å². The maximum absolute atomic E-state index is 11.4. The Bertz CT molecular complexity index is 442. The van der Waals surface area contributed by atoms with Gasteiger partial charge < -0.3 is 4.74 Å². The molecule has 19 heavy (non-hydrogen) atoms. The summed E-state index contributed by atoms with van der Waals surface area (Å²) >= 11 is 11.0. The fourth-order valence-corrected chi connectivity index (χ4v) is 3.22. The van der Waals surface area contributed by atoms with Crippen LogP contribution in [0, 0.1) is 10.1 Å². The van der Waals surface area contributed by atoms with Crippen molar-refractivity contribution < 1.29 is 14.5 Å². The van der Waals surface area contributed by atoms with Crippen molar-refractivity contribution in [2.45, 2.75) is 23.2 Å². The molecule has 0 amide bonds. The molecular formula is C11H13Cl2NO4Si. The van der Waals surface area contributed by atoms with Crippen LogP contribution in [0.1, 0.15) is 12.0 Å². The molecule has 1 rings (SSSR count). The highest BCUT2D eigenvalue weighted by Crippen LogP contribution is 2.21. The molecule has 0 aliphatic rings. The van der Waals surface area contributed by atoms with Crippen LogP contribution in [0.5, 0.6) is 0 Å². The topological polar surface area (TPSA) is 69.4 Å². The lowest BCUT2D eigenvalue weighted by atomic mass is 10.2. The van der Waals surface area contributed by atoms with Gasteiger partial charge in [0, 0.05) is 6.42 Å². The predicted molar refractivity (Wildman–Crippen MR) is 75.6 cm³/mol. The third-order valence-corrected chi connectivity index (χ3v) is 5.35. The summed E-state index contributed by atoms with van der Waals surface area (Å²) in [4.78, 5) is 21.2. The molecule has 104 valence electrons. The highest BCUT2D eigenvalue weighted by atomic mass is 35.5. The van der Waals surface area contributed by atoms with Crippen molar-refractivity contribution in [3.8, 4) is 0 Å². The molecule has 1 aromatic rings. The van der Waals surface area contributed by atoms with E-state index in [1.54, 1.807) is 0 Å². The van der Waals surface area contributed by atoms with Gasteiger partial charge in [-0.2, -0.15) is 0 Å². The van der Waals surface area contributed by atoms with E-state index in [1.165, 1.54) is 0 Å². The second-order valence-electron chi connectivity index (χ2n) is 3.92. The van der Waals surface area contributed by atoms with Gasteiger partial charge in [0.25, 0.3) is 0 Å². The molecule has 0 radical (unpaired) electrons. The number of benzene rings is 1. The van der Waals surface area contributed by atoms with E-state index in [1.807, 2.05) is 30.3 Å². The Kier molecular flexibility index (Phi) is 6.27. The molecule has 0 saturated carbocycles. The van der Waals surface area contributed by atoms with Crippen LogP contribution in [0.15, 0.2) is 30.3 Å². The van der Waals surface area contributed by atoms with Crippen LogP contribution >= 0.6 is 23.2 Å². The van der Waals surface area contributed by atoms with E-state index in [4.69, 9.17) is 27.9 Å². The molecule has 8 heteroatoms. The second kappa shape index (κ2) is 7.47. The predicted octanol–water partition coefficient (Wildman–Crippen LogP) is 2.07. The molecule has 0 N–H and O–H groups in total. The number of ether oxygens (including phenoxy) is 1. The van der Waals surface area contributed by atoms with Gasteiger partial charge in [-0.05, 0) is 34.8 Å². The first-order valence-electron chi connectivity index (χ1n) is 5.63. The van der Waals surface area contributed by atoms with Crippen molar-refractivity contribution in [3.63, 3.8) is 0 Å². The summed E-state index contributed by atoms with van der Waals surface area (Å²) in [5.74, 6) is -0.399. The lowest BCUT2D eigenvalue weighted by Crippen LogP contribution is -2.32. The van der Waals surface area contributed by atoms with E-state index >= 15 is 0 Å².